The van der Waals surface area contributed by atoms with Crippen molar-refractivity contribution in [3.05, 3.63) is 34.9 Å². The van der Waals surface area contributed by atoms with Crippen LogP contribution in [0.15, 0.2) is 34.9 Å². The molecule has 0 N–H and O–H groups in total. The Kier molecular flexibility index (Phi) is 1.18. The molecule has 0 aliphatic heterocycles. The van der Waals surface area contributed by atoms with Gasteiger partial charge in [-0.15, -0.1) is 0 Å². The third kappa shape index (κ3) is 1.07. The van der Waals surface area contributed by atoms with E-state index in [2.05, 4.69) is 39.0 Å². The second-order valence-electron chi connectivity index (χ2n) is 4.32. The third-order valence-corrected chi connectivity index (χ3v) is 2.35. The molecule has 0 bridgehead atoms. The van der Waals surface area contributed by atoms with Crippen LogP contribution in [0.1, 0.15) is 27.2 Å². The highest BCUT2D eigenvalue weighted by Gasteiger charge is 2.27. The quantitative estimate of drug-likeness (QED) is 0.492. The summed E-state index contributed by atoms with van der Waals surface area (Å²) in [6.07, 6.45) is 8.19. The lowest BCUT2D eigenvalue weighted by molar-refractivity contribution is 0.499. The van der Waals surface area contributed by atoms with Crippen LogP contribution in [0.5, 0.6) is 0 Å². The number of hydrogen-bond donors (Lipinski definition) is 0. The zero-order valence-corrected chi connectivity index (χ0v) is 7.44. The van der Waals surface area contributed by atoms with E-state index in [0.29, 0.717) is 5.41 Å². The van der Waals surface area contributed by atoms with Crippen molar-refractivity contribution in [3.8, 4) is 0 Å². The van der Waals surface area contributed by atoms with Gasteiger partial charge in [0.05, 0.1) is 0 Å². The summed E-state index contributed by atoms with van der Waals surface area (Å²) in [4.78, 5) is 0. The summed E-state index contributed by atoms with van der Waals surface area (Å²) in [7, 11) is 0. The first-order valence-electron chi connectivity index (χ1n) is 4.19. The number of hydrogen-bond acceptors (Lipinski definition) is 0. The fourth-order valence-electron chi connectivity index (χ4n) is 1.99. The Hall–Kier alpha value is -0.780. The third-order valence-electron chi connectivity index (χ3n) is 2.35. The van der Waals surface area contributed by atoms with Crippen molar-refractivity contribution in [2.45, 2.75) is 27.2 Å². The first kappa shape index (κ1) is 6.90. The molecule has 0 amide bonds. The SMILES string of the molecule is CC1=CC2=CC(C)(C)CC2=C1. The minimum atomic E-state index is 0.401. The Morgan fingerprint density at radius 2 is 2.00 bits per heavy atom. The normalized spacial score (nSPS) is 25.9. The number of allylic oxidation sites excluding steroid dienone is 6. The highest BCUT2D eigenvalue weighted by molar-refractivity contribution is 5.56. The van der Waals surface area contributed by atoms with Crippen molar-refractivity contribution in [2.75, 3.05) is 0 Å². The summed E-state index contributed by atoms with van der Waals surface area (Å²) in [5, 5.41) is 0. The molecule has 0 saturated carbocycles. The zero-order valence-electron chi connectivity index (χ0n) is 7.44. The van der Waals surface area contributed by atoms with Gasteiger partial charge in [-0.3, -0.25) is 0 Å². The lowest BCUT2D eigenvalue weighted by Gasteiger charge is -2.12. The van der Waals surface area contributed by atoms with Crippen molar-refractivity contribution in [1.29, 1.82) is 0 Å². The van der Waals surface area contributed by atoms with Crippen LogP contribution in [0, 0.1) is 5.41 Å². The summed E-state index contributed by atoms with van der Waals surface area (Å²) in [5.41, 5.74) is 4.81. The maximum absolute atomic E-state index is 2.38. The molecular weight excluding hydrogens is 132 g/mol. The molecule has 0 saturated heterocycles. The van der Waals surface area contributed by atoms with Crippen molar-refractivity contribution >= 4 is 0 Å². The van der Waals surface area contributed by atoms with Gasteiger partial charge in [0, 0.05) is 0 Å². The summed E-state index contributed by atoms with van der Waals surface area (Å²) < 4.78 is 0. The van der Waals surface area contributed by atoms with Crippen LogP contribution >= 0.6 is 0 Å². The highest BCUT2D eigenvalue weighted by Crippen LogP contribution is 2.42. The van der Waals surface area contributed by atoms with Crippen LogP contribution < -0.4 is 0 Å². The van der Waals surface area contributed by atoms with Crippen LogP contribution in [0.25, 0.3) is 0 Å². The van der Waals surface area contributed by atoms with E-state index in [4.69, 9.17) is 0 Å². The Morgan fingerprint density at radius 1 is 1.27 bits per heavy atom. The number of fused-ring (bicyclic) bond motifs is 1. The van der Waals surface area contributed by atoms with E-state index in [9.17, 15) is 0 Å². The topological polar surface area (TPSA) is 0 Å². The summed E-state index contributed by atoms with van der Waals surface area (Å²) in [6.45, 7) is 6.75. The maximum atomic E-state index is 2.38. The van der Waals surface area contributed by atoms with E-state index in [0.717, 1.165) is 0 Å². The van der Waals surface area contributed by atoms with Gasteiger partial charge >= 0.3 is 0 Å². The maximum Gasteiger partial charge on any atom is -0.0125 e. The molecule has 0 unspecified atom stereocenters. The molecule has 2 rings (SSSR count). The molecule has 2 aliphatic carbocycles. The minimum Gasteiger partial charge on any atom is -0.0710 e. The molecule has 0 heteroatoms. The molecule has 0 nitrogen and oxygen atoms in total. The highest BCUT2D eigenvalue weighted by atomic mass is 14.3. The summed E-state index contributed by atoms with van der Waals surface area (Å²) in [5.74, 6) is 0. The van der Waals surface area contributed by atoms with Gasteiger partial charge in [-0.2, -0.15) is 0 Å². The van der Waals surface area contributed by atoms with E-state index in [-0.39, 0.29) is 0 Å². The molecule has 0 radical (unpaired) electrons. The van der Waals surface area contributed by atoms with Gasteiger partial charge in [0.2, 0.25) is 0 Å². The van der Waals surface area contributed by atoms with Crippen molar-refractivity contribution < 1.29 is 0 Å². The van der Waals surface area contributed by atoms with Crippen LogP contribution in [0.4, 0.5) is 0 Å². The largest absolute Gasteiger partial charge is 0.0710 e. The van der Waals surface area contributed by atoms with Gasteiger partial charge < -0.3 is 0 Å². The van der Waals surface area contributed by atoms with Gasteiger partial charge in [-0.1, -0.05) is 37.6 Å². The lowest BCUT2D eigenvalue weighted by atomic mass is 9.92. The monoisotopic (exact) mass is 146 g/mol. The van der Waals surface area contributed by atoms with E-state index >= 15 is 0 Å². The first-order chi connectivity index (χ1) is 5.07. The second kappa shape index (κ2) is 1.88. The van der Waals surface area contributed by atoms with Crippen LogP contribution in [0.3, 0.4) is 0 Å². The molecule has 0 aromatic carbocycles. The van der Waals surface area contributed by atoms with Gasteiger partial charge in [0.25, 0.3) is 0 Å². The van der Waals surface area contributed by atoms with E-state index < -0.39 is 0 Å². The molecular formula is C11H14. The van der Waals surface area contributed by atoms with Crippen molar-refractivity contribution in [2.24, 2.45) is 5.41 Å². The summed E-state index contributed by atoms with van der Waals surface area (Å²) >= 11 is 0. The average molecular weight is 146 g/mol. The molecule has 0 aromatic heterocycles. The predicted octanol–water partition coefficient (Wildman–Crippen LogP) is 3.23. The van der Waals surface area contributed by atoms with E-state index in [1.54, 1.807) is 0 Å². The lowest BCUT2D eigenvalue weighted by Crippen LogP contribution is -2.01. The smallest absolute Gasteiger partial charge is 0.0125 e. The number of rotatable bonds is 0. The Balaban J connectivity index is 2.41. The van der Waals surface area contributed by atoms with Gasteiger partial charge in [0.1, 0.15) is 0 Å². The average Bonchev–Trinajstić information content (AvgIpc) is 2.17. The predicted molar refractivity (Wildman–Crippen MR) is 48.3 cm³/mol. The molecule has 0 heterocycles. The van der Waals surface area contributed by atoms with Crippen LogP contribution in [-0.2, 0) is 0 Å². The molecule has 58 valence electrons. The standard InChI is InChI=1S/C11H14/c1-8-4-9-6-11(2,3)7-10(9)5-8/h4-6H,7H2,1-3H3. The van der Waals surface area contributed by atoms with Crippen LogP contribution in [-0.4, -0.2) is 0 Å². The Labute approximate surface area is 68.3 Å². The van der Waals surface area contributed by atoms with E-state index in [1.165, 1.54) is 23.1 Å². The minimum absolute atomic E-state index is 0.401. The fraction of sp³-hybridized carbons (Fsp3) is 0.455. The van der Waals surface area contributed by atoms with Gasteiger partial charge in [-0.05, 0) is 29.9 Å². The van der Waals surface area contributed by atoms with Crippen molar-refractivity contribution in [1.82, 2.24) is 0 Å². The van der Waals surface area contributed by atoms with Gasteiger partial charge in [-0.25, -0.2) is 0 Å². The first-order valence-corrected chi connectivity index (χ1v) is 4.19. The second-order valence-corrected chi connectivity index (χ2v) is 4.32. The van der Waals surface area contributed by atoms with Crippen molar-refractivity contribution in [3.63, 3.8) is 0 Å². The zero-order chi connectivity index (χ0) is 8.06. The molecule has 11 heavy (non-hydrogen) atoms. The van der Waals surface area contributed by atoms with E-state index in [1.807, 2.05) is 0 Å². The molecule has 0 fully saturated rings. The van der Waals surface area contributed by atoms with Gasteiger partial charge in [0.15, 0.2) is 0 Å². The fourth-order valence-corrected chi connectivity index (χ4v) is 1.99. The Bertz CT molecular complexity index is 285. The molecule has 2 aliphatic rings. The molecule has 0 spiro atoms. The summed E-state index contributed by atoms with van der Waals surface area (Å²) in [6, 6.07) is 0. The van der Waals surface area contributed by atoms with Crippen LogP contribution in [0.2, 0.25) is 0 Å². The molecule has 0 atom stereocenters. The Morgan fingerprint density at radius 3 is 2.64 bits per heavy atom. The molecule has 0 aromatic rings.